The summed E-state index contributed by atoms with van der Waals surface area (Å²) in [4.78, 5) is 0. The summed E-state index contributed by atoms with van der Waals surface area (Å²) in [7, 11) is 0. The van der Waals surface area contributed by atoms with Gasteiger partial charge in [-0.3, -0.25) is 0 Å². The van der Waals surface area contributed by atoms with E-state index in [0.717, 1.165) is 19.6 Å². The van der Waals surface area contributed by atoms with Gasteiger partial charge in [-0.15, -0.1) is 0 Å². The molecule has 0 aromatic heterocycles. The zero-order valence-corrected chi connectivity index (χ0v) is 6.80. The first-order valence-corrected chi connectivity index (χ1v) is 4.05. The number of rotatable bonds is 1. The Morgan fingerprint density at radius 2 is 2.50 bits per heavy atom. The lowest BCUT2D eigenvalue weighted by atomic mass is 10.1. The van der Waals surface area contributed by atoms with Gasteiger partial charge in [0.15, 0.2) is 0 Å². The highest BCUT2D eigenvalue weighted by Gasteiger charge is 2.23. The van der Waals surface area contributed by atoms with Gasteiger partial charge in [0.05, 0.1) is 0 Å². The summed E-state index contributed by atoms with van der Waals surface area (Å²) >= 11 is 2.29. The summed E-state index contributed by atoms with van der Waals surface area (Å²) in [5, 5.41) is 0. The smallest absolute Gasteiger partial charge is 0.112 e. The lowest BCUT2D eigenvalue weighted by Crippen LogP contribution is -2.18. The maximum atomic E-state index is 5.44. The molecule has 1 aliphatic heterocycles. The first-order valence-electron chi connectivity index (χ1n) is 2.80. The molecule has 0 aromatic carbocycles. The summed E-state index contributed by atoms with van der Waals surface area (Å²) in [5.74, 6) is 0.607. The van der Waals surface area contributed by atoms with Gasteiger partial charge in [0, 0.05) is 12.5 Å². The number of nitrogens with two attached hydrogens (primary N) is 1. The van der Waals surface area contributed by atoms with Crippen molar-refractivity contribution in [2.75, 3.05) is 13.2 Å². The van der Waals surface area contributed by atoms with Gasteiger partial charge in [-0.05, 0) is 13.0 Å². The van der Waals surface area contributed by atoms with Crippen LogP contribution in [0.5, 0.6) is 0 Å². The van der Waals surface area contributed by atoms with E-state index < -0.39 is 0 Å². The van der Waals surface area contributed by atoms with Crippen molar-refractivity contribution in [3.63, 3.8) is 0 Å². The Hall–Kier alpha value is 0.650. The van der Waals surface area contributed by atoms with Gasteiger partial charge in [-0.1, -0.05) is 22.6 Å². The van der Waals surface area contributed by atoms with Crippen LogP contribution >= 0.6 is 22.6 Å². The quantitative estimate of drug-likeness (QED) is 0.529. The van der Waals surface area contributed by atoms with E-state index in [1.165, 1.54) is 0 Å². The topological polar surface area (TPSA) is 35.2 Å². The predicted octanol–water partition coefficient (Wildman–Crippen LogP) is 0.743. The molecule has 0 spiro atoms. The fourth-order valence-electron chi connectivity index (χ4n) is 0.824. The maximum absolute atomic E-state index is 5.44. The van der Waals surface area contributed by atoms with Gasteiger partial charge in [0.1, 0.15) is 4.11 Å². The summed E-state index contributed by atoms with van der Waals surface area (Å²) in [5.41, 5.74) is 5.44. The Morgan fingerprint density at radius 1 is 1.75 bits per heavy atom. The number of ether oxygens (including phenoxy) is 1. The third-order valence-corrected chi connectivity index (χ3v) is 2.82. The van der Waals surface area contributed by atoms with Gasteiger partial charge >= 0.3 is 0 Å². The van der Waals surface area contributed by atoms with Crippen molar-refractivity contribution in [1.82, 2.24) is 0 Å². The summed E-state index contributed by atoms with van der Waals surface area (Å²) < 4.78 is 5.64. The lowest BCUT2D eigenvalue weighted by Gasteiger charge is -2.07. The highest BCUT2D eigenvalue weighted by atomic mass is 127. The molecule has 0 amide bonds. The molecule has 1 aliphatic rings. The van der Waals surface area contributed by atoms with E-state index in [1.54, 1.807) is 0 Å². The van der Waals surface area contributed by atoms with Crippen LogP contribution in [0, 0.1) is 5.92 Å². The second kappa shape index (κ2) is 2.98. The van der Waals surface area contributed by atoms with Crippen molar-refractivity contribution in [3.05, 3.63) is 0 Å². The molecule has 0 aliphatic carbocycles. The second-order valence-corrected chi connectivity index (χ2v) is 3.23. The Bertz CT molecular complexity index is 78.8. The minimum atomic E-state index is 0.373. The Labute approximate surface area is 62.9 Å². The standard InChI is InChI=1S/C5H10INO/c6-5-4(3-7)1-2-8-5/h4-5H,1-3,7H2. The van der Waals surface area contributed by atoms with Crippen molar-refractivity contribution in [1.29, 1.82) is 0 Å². The molecule has 0 bridgehead atoms. The highest BCUT2D eigenvalue weighted by molar-refractivity contribution is 14.1. The van der Waals surface area contributed by atoms with Crippen LogP contribution in [0.25, 0.3) is 0 Å². The SMILES string of the molecule is NCC1CCOC1I. The largest absolute Gasteiger partial charge is 0.368 e. The van der Waals surface area contributed by atoms with Crippen LogP contribution in [0.4, 0.5) is 0 Å². The molecule has 2 N–H and O–H groups in total. The molecule has 1 heterocycles. The molecule has 8 heavy (non-hydrogen) atoms. The van der Waals surface area contributed by atoms with Gasteiger partial charge in [0.25, 0.3) is 0 Å². The monoisotopic (exact) mass is 227 g/mol. The van der Waals surface area contributed by atoms with Crippen LogP contribution < -0.4 is 5.73 Å². The average molecular weight is 227 g/mol. The molecule has 0 aromatic rings. The summed E-state index contributed by atoms with van der Waals surface area (Å²) in [6.07, 6.45) is 1.14. The first kappa shape index (κ1) is 6.77. The second-order valence-electron chi connectivity index (χ2n) is 2.01. The predicted molar refractivity (Wildman–Crippen MR) is 40.9 cm³/mol. The normalized spacial score (nSPS) is 38.2. The van der Waals surface area contributed by atoms with E-state index in [1.807, 2.05) is 0 Å². The van der Waals surface area contributed by atoms with Crippen LogP contribution in [0.3, 0.4) is 0 Å². The molecule has 1 saturated heterocycles. The third-order valence-electron chi connectivity index (χ3n) is 1.44. The van der Waals surface area contributed by atoms with Gasteiger partial charge in [0.2, 0.25) is 0 Å². The van der Waals surface area contributed by atoms with Crippen LogP contribution in [-0.4, -0.2) is 17.3 Å². The van der Waals surface area contributed by atoms with Crippen LogP contribution in [0.2, 0.25) is 0 Å². The zero-order valence-electron chi connectivity index (χ0n) is 4.64. The van der Waals surface area contributed by atoms with Crippen LogP contribution in [0.15, 0.2) is 0 Å². The van der Waals surface area contributed by atoms with Crippen molar-refractivity contribution in [2.45, 2.75) is 10.5 Å². The third kappa shape index (κ3) is 1.33. The lowest BCUT2D eigenvalue weighted by molar-refractivity contribution is 0.172. The number of hydrogen-bond donors (Lipinski definition) is 1. The van der Waals surface area contributed by atoms with E-state index >= 15 is 0 Å². The molecule has 48 valence electrons. The molecule has 3 heteroatoms. The molecular formula is C5H10INO. The first-order chi connectivity index (χ1) is 3.84. The fourth-order valence-corrected chi connectivity index (χ4v) is 1.73. The van der Waals surface area contributed by atoms with E-state index in [-0.39, 0.29) is 0 Å². The maximum Gasteiger partial charge on any atom is 0.112 e. The van der Waals surface area contributed by atoms with Gasteiger partial charge in [-0.25, -0.2) is 0 Å². The van der Waals surface area contributed by atoms with Crippen molar-refractivity contribution in [3.8, 4) is 0 Å². The van der Waals surface area contributed by atoms with E-state index in [2.05, 4.69) is 22.6 Å². The molecule has 0 saturated carbocycles. The molecule has 1 fully saturated rings. The molecule has 1 rings (SSSR count). The fraction of sp³-hybridized carbons (Fsp3) is 1.00. The van der Waals surface area contributed by atoms with E-state index in [0.29, 0.717) is 10.0 Å². The highest BCUT2D eigenvalue weighted by Crippen LogP contribution is 2.24. The molecule has 0 radical (unpaired) electrons. The van der Waals surface area contributed by atoms with Crippen LogP contribution in [0.1, 0.15) is 6.42 Å². The van der Waals surface area contributed by atoms with Gasteiger partial charge < -0.3 is 10.5 Å². The minimum Gasteiger partial charge on any atom is -0.368 e. The van der Waals surface area contributed by atoms with E-state index in [4.69, 9.17) is 10.5 Å². The Kier molecular flexibility index (Phi) is 2.52. The average Bonchev–Trinajstić information content (AvgIpc) is 2.14. The summed E-state index contributed by atoms with van der Waals surface area (Å²) in [6.45, 7) is 1.67. The van der Waals surface area contributed by atoms with Crippen molar-refractivity contribution in [2.24, 2.45) is 11.7 Å². The molecule has 2 nitrogen and oxygen atoms in total. The van der Waals surface area contributed by atoms with Crippen LogP contribution in [-0.2, 0) is 4.74 Å². The molecule has 2 atom stereocenters. The number of hydrogen-bond acceptors (Lipinski definition) is 2. The van der Waals surface area contributed by atoms with Crippen molar-refractivity contribution >= 4 is 22.6 Å². The number of halogens is 1. The summed E-state index contributed by atoms with van der Waals surface area (Å²) in [6, 6.07) is 0. The van der Waals surface area contributed by atoms with Crippen molar-refractivity contribution < 1.29 is 4.74 Å². The van der Waals surface area contributed by atoms with E-state index in [9.17, 15) is 0 Å². The molecular weight excluding hydrogens is 217 g/mol. The number of alkyl halides is 1. The molecule has 2 unspecified atom stereocenters. The Balaban J connectivity index is 2.30. The zero-order chi connectivity index (χ0) is 5.98. The minimum absolute atomic E-state index is 0.373. The van der Waals surface area contributed by atoms with Gasteiger partial charge in [-0.2, -0.15) is 0 Å². The Morgan fingerprint density at radius 3 is 2.75 bits per heavy atom.